The van der Waals surface area contributed by atoms with Crippen LogP contribution in [0.15, 0.2) is 60.7 Å². The van der Waals surface area contributed by atoms with Gasteiger partial charge in [-0.3, -0.25) is 19.7 Å². The molecule has 2 N–H and O–H groups in total. The van der Waals surface area contributed by atoms with Crippen LogP contribution in [0, 0.1) is 0 Å². The Morgan fingerprint density at radius 2 is 1.45 bits per heavy atom. The summed E-state index contributed by atoms with van der Waals surface area (Å²) >= 11 is 0. The molecule has 0 radical (unpaired) electrons. The van der Waals surface area contributed by atoms with Gasteiger partial charge in [0.2, 0.25) is 0 Å². The van der Waals surface area contributed by atoms with Gasteiger partial charge in [0.1, 0.15) is 0 Å². The molecule has 1 aliphatic heterocycles. The van der Waals surface area contributed by atoms with Crippen LogP contribution >= 0.6 is 0 Å². The van der Waals surface area contributed by atoms with Crippen LogP contribution in [0.25, 0.3) is 10.8 Å². The third-order valence-corrected chi connectivity index (χ3v) is 5.25. The average Bonchev–Trinajstić information content (AvgIpc) is 2.82. The Hall–Kier alpha value is -4.53. The Morgan fingerprint density at radius 3 is 2.00 bits per heavy atom. The first-order valence-corrected chi connectivity index (χ1v) is 10.1. The molecule has 1 aliphatic rings. The minimum absolute atomic E-state index is 0.109. The Morgan fingerprint density at radius 1 is 0.879 bits per heavy atom. The van der Waals surface area contributed by atoms with Crippen LogP contribution in [0.3, 0.4) is 0 Å². The Kier molecular flexibility index (Phi) is 5.61. The van der Waals surface area contributed by atoms with E-state index in [4.69, 9.17) is 4.74 Å². The highest BCUT2D eigenvalue weighted by Gasteiger charge is 2.33. The number of nitrogens with one attached hydrogen (secondary N) is 2. The summed E-state index contributed by atoms with van der Waals surface area (Å²) in [4.78, 5) is 62.7. The summed E-state index contributed by atoms with van der Waals surface area (Å²) in [5, 5.41) is 5.66. The maximum Gasteiger partial charge on any atom is 0.338 e. The molecule has 33 heavy (non-hydrogen) atoms. The van der Waals surface area contributed by atoms with E-state index >= 15 is 0 Å². The number of carbonyl (C=O) groups excluding carboxylic acids is 5. The molecule has 0 aliphatic carbocycles. The highest BCUT2D eigenvalue weighted by Crippen LogP contribution is 2.32. The maximum atomic E-state index is 13.1. The minimum atomic E-state index is -1.21. The molecule has 3 aromatic carbocycles. The second-order valence-electron chi connectivity index (χ2n) is 7.32. The topological polar surface area (TPSA) is 122 Å². The van der Waals surface area contributed by atoms with Crippen LogP contribution < -0.4 is 15.5 Å². The zero-order valence-corrected chi connectivity index (χ0v) is 17.7. The van der Waals surface area contributed by atoms with Crippen LogP contribution in [-0.4, -0.2) is 42.9 Å². The molecule has 3 aromatic rings. The number of urea groups is 1. The summed E-state index contributed by atoms with van der Waals surface area (Å²) in [7, 11) is 1.34. The summed E-state index contributed by atoms with van der Waals surface area (Å²) in [5.74, 6) is -2.50. The van der Waals surface area contributed by atoms with Gasteiger partial charge in [-0.15, -0.1) is 0 Å². The first-order chi connectivity index (χ1) is 15.8. The number of anilines is 1. The van der Waals surface area contributed by atoms with Crippen molar-refractivity contribution in [2.24, 2.45) is 0 Å². The van der Waals surface area contributed by atoms with E-state index in [1.54, 1.807) is 24.3 Å². The maximum absolute atomic E-state index is 13.1. The quantitative estimate of drug-likeness (QED) is 0.470. The number of esters is 1. The van der Waals surface area contributed by atoms with Crippen LogP contribution in [0.4, 0.5) is 10.5 Å². The standard InChI is InChI=1S/C24H19N3O6/c1-13(20(28)26-24(32)25-2)33-23(31)15-9-11-16(12-10-15)27-21(29)17-7-3-5-14-6-4-8-18(19(14)17)22(27)30/h3-13H,1-2H3,(H2,25,26,28,32). The smallest absolute Gasteiger partial charge is 0.338 e. The van der Waals surface area contributed by atoms with Crippen LogP contribution in [0.5, 0.6) is 0 Å². The lowest BCUT2D eigenvalue weighted by molar-refractivity contribution is -0.127. The van der Waals surface area contributed by atoms with Gasteiger partial charge in [-0.05, 0) is 48.7 Å². The molecule has 0 saturated heterocycles. The number of benzene rings is 3. The number of carbonyl (C=O) groups is 5. The summed E-state index contributed by atoms with van der Waals surface area (Å²) in [6, 6.07) is 15.5. The van der Waals surface area contributed by atoms with Gasteiger partial charge in [-0.25, -0.2) is 14.5 Å². The van der Waals surface area contributed by atoms with Crippen molar-refractivity contribution in [3.05, 3.63) is 77.4 Å². The van der Waals surface area contributed by atoms with Crippen LogP contribution in [-0.2, 0) is 9.53 Å². The van der Waals surface area contributed by atoms with Crippen LogP contribution in [0.2, 0.25) is 0 Å². The predicted octanol–water partition coefficient (Wildman–Crippen LogP) is 2.64. The van der Waals surface area contributed by atoms with E-state index in [2.05, 4.69) is 5.32 Å². The van der Waals surface area contributed by atoms with Crippen molar-refractivity contribution in [3.63, 3.8) is 0 Å². The molecule has 0 fully saturated rings. The Balaban J connectivity index is 1.54. The van der Waals surface area contributed by atoms with E-state index in [1.165, 1.54) is 38.2 Å². The van der Waals surface area contributed by atoms with E-state index < -0.39 is 35.8 Å². The molecule has 0 spiro atoms. The van der Waals surface area contributed by atoms with E-state index in [-0.39, 0.29) is 5.56 Å². The van der Waals surface area contributed by atoms with Gasteiger partial charge in [0.05, 0.1) is 11.3 Å². The number of hydrogen-bond acceptors (Lipinski definition) is 6. The van der Waals surface area contributed by atoms with E-state index in [0.717, 1.165) is 10.3 Å². The number of imide groups is 2. The number of rotatable bonds is 4. The SMILES string of the molecule is CNC(=O)NC(=O)C(C)OC(=O)c1ccc(N2C(=O)c3cccc4cccc(c34)C2=O)cc1. The second kappa shape index (κ2) is 8.54. The fraction of sp³-hybridized carbons (Fsp3) is 0.125. The molecule has 9 heteroatoms. The summed E-state index contributed by atoms with van der Waals surface area (Å²) in [5.41, 5.74) is 1.24. The molecule has 0 aromatic heterocycles. The number of hydrogen-bond donors (Lipinski definition) is 2. The van der Waals surface area contributed by atoms with Gasteiger partial charge in [0.25, 0.3) is 17.7 Å². The molecular formula is C24H19N3O6. The summed E-state index contributed by atoms with van der Waals surface area (Å²) in [6.07, 6.45) is -1.21. The highest BCUT2D eigenvalue weighted by molar-refractivity contribution is 6.35. The van der Waals surface area contributed by atoms with Crippen molar-refractivity contribution in [3.8, 4) is 0 Å². The summed E-state index contributed by atoms with van der Waals surface area (Å²) < 4.78 is 5.08. The molecule has 1 atom stereocenters. The average molecular weight is 445 g/mol. The summed E-state index contributed by atoms with van der Waals surface area (Å²) in [6.45, 7) is 1.33. The Labute approximate surface area is 188 Å². The van der Waals surface area contributed by atoms with Crippen molar-refractivity contribution in [1.29, 1.82) is 0 Å². The highest BCUT2D eigenvalue weighted by atomic mass is 16.5. The van der Waals surface area contributed by atoms with Gasteiger partial charge in [-0.2, -0.15) is 0 Å². The number of nitrogens with zero attached hydrogens (tertiary/aromatic N) is 1. The van der Waals surface area contributed by atoms with Crippen LogP contribution in [0.1, 0.15) is 38.0 Å². The molecular weight excluding hydrogens is 426 g/mol. The minimum Gasteiger partial charge on any atom is -0.449 e. The monoisotopic (exact) mass is 445 g/mol. The van der Waals surface area contributed by atoms with Gasteiger partial charge in [0.15, 0.2) is 6.10 Å². The molecule has 0 saturated carbocycles. The lowest BCUT2D eigenvalue weighted by atomic mass is 9.94. The second-order valence-corrected chi connectivity index (χ2v) is 7.32. The lowest BCUT2D eigenvalue weighted by Crippen LogP contribution is -2.43. The molecule has 4 rings (SSSR count). The molecule has 166 valence electrons. The van der Waals surface area contributed by atoms with Crippen molar-refractivity contribution in [2.75, 3.05) is 11.9 Å². The fourth-order valence-electron chi connectivity index (χ4n) is 3.57. The molecule has 1 heterocycles. The third kappa shape index (κ3) is 3.91. The van der Waals surface area contributed by atoms with E-state index in [9.17, 15) is 24.0 Å². The van der Waals surface area contributed by atoms with Crippen molar-refractivity contribution < 1.29 is 28.7 Å². The Bertz CT molecular complexity index is 1260. The largest absolute Gasteiger partial charge is 0.449 e. The van der Waals surface area contributed by atoms with Gasteiger partial charge >= 0.3 is 12.0 Å². The predicted molar refractivity (Wildman–Crippen MR) is 119 cm³/mol. The third-order valence-electron chi connectivity index (χ3n) is 5.25. The molecule has 5 amide bonds. The van der Waals surface area contributed by atoms with Crippen molar-refractivity contribution in [1.82, 2.24) is 10.6 Å². The van der Waals surface area contributed by atoms with E-state index in [1.807, 2.05) is 17.4 Å². The first-order valence-electron chi connectivity index (χ1n) is 10.1. The normalized spacial score (nSPS) is 13.5. The first kappa shape index (κ1) is 21.7. The van der Waals surface area contributed by atoms with E-state index in [0.29, 0.717) is 22.2 Å². The zero-order valence-electron chi connectivity index (χ0n) is 17.7. The molecule has 9 nitrogen and oxygen atoms in total. The zero-order chi connectivity index (χ0) is 23.7. The molecule has 1 unspecified atom stereocenters. The van der Waals surface area contributed by atoms with Gasteiger partial charge < -0.3 is 10.1 Å². The fourth-order valence-corrected chi connectivity index (χ4v) is 3.57. The van der Waals surface area contributed by atoms with Crippen molar-refractivity contribution >= 4 is 46.2 Å². The van der Waals surface area contributed by atoms with Gasteiger partial charge in [0, 0.05) is 23.6 Å². The number of ether oxygens (including phenoxy) is 1. The van der Waals surface area contributed by atoms with Crippen molar-refractivity contribution in [2.45, 2.75) is 13.0 Å². The van der Waals surface area contributed by atoms with Gasteiger partial charge in [-0.1, -0.05) is 24.3 Å². The molecule has 0 bridgehead atoms. The lowest BCUT2D eigenvalue weighted by Gasteiger charge is -2.27. The number of amides is 5.